The summed E-state index contributed by atoms with van der Waals surface area (Å²) in [5, 5.41) is 17.8. The molecule has 0 unspecified atom stereocenters. The molecule has 88 valence electrons. The maximum Gasteiger partial charge on any atom is 2.00 e. The first-order chi connectivity index (χ1) is 3.46. The molecule has 0 aliphatic carbocycles. The van der Waals surface area contributed by atoms with Gasteiger partial charge in [-0.1, -0.05) is 0 Å². The predicted octanol–water partition coefficient (Wildman–Crippen LogP) is -9.61. The smallest absolute Gasteiger partial charge is 0.550 e. The Bertz CT molecular complexity index is 80.1. The molecule has 0 spiro atoms. The van der Waals surface area contributed by atoms with Crippen molar-refractivity contribution in [2.45, 2.75) is 13.8 Å². The van der Waals surface area contributed by atoms with Crippen LogP contribution >= 0.6 is 0 Å². The number of hydrogen-bond donors (Lipinski definition) is 0. The van der Waals surface area contributed by atoms with Crippen molar-refractivity contribution in [2.24, 2.45) is 0 Å². The van der Waals surface area contributed by atoms with Gasteiger partial charge < -0.3 is 47.2 Å². The van der Waals surface area contributed by atoms with Crippen molar-refractivity contribution in [3.63, 3.8) is 0 Å². The van der Waals surface area contributed by atoms with Crippen molar-refractivity contribution in [3.05, 3.63) is 0 Å². The molecule has 0 radical (unpaired) electrons. The molecule has 0 fully saturated rings. The largest absolute Gasteiger partial charge is 2.00 e. The molecule has 10 N–H and O–H groups in total. The van der Waals surface area contributed by atoms with Crippen molar-refractivity contribution in [3.8, 4) is 0 Å². The Hall–Kier alpha value is 0.363. The van der Waals surface area contributed by atoms with Crippen LogP contribution in [0.25, 0.3) is 0 Å². The van der Waals surface area contributed by atoms with E-state index in [1.54, 1.807) is 0 Å². The third-order valence-corrected chi connectivity index (χ3v) is 0. The molecule has 0 aromatic carbocycles. The number of carbonyl (C=O) groups excluding carboxylic acids is 2. The normalized spacial score (nSPS) is 3.33. The second kappa shape index (κ2) is 63.3. The van der Waals surface area contributed by atoms with Crippen LogP contribution < -0.4 is 39.8 Å². The number of aliphatic carboxylic acids is 2. The van der Waals surface area contributed by atoms with Crippen LogP contribution in [-0.2, 0) is 29.1 Å². The number of rotatable bonds is 0. The van der Waals surface area contributed by atoms with E-state index in [9.17, 15) is 0 Å². The number of carboxylic acid groups (broad SMARTS) is 2. The van der Waals surface area contributed by atoms with E-state index in [4.69, 9.17) is 19.8 Å². The second-order valence-electron chi connectivity index (χ2n) is 0.983. The molecule has 0 saturated carbocycles. The molecule has 15 heavy (non-hydrogen) atoms. The van der Waals surface area contributed by atoms with Crippen LogP contribution in [0.4, 0.5) is 0 Å². The van der Waals surface area contributed by atoms with E-state index in [0.717, 1.165) is 13.8 Å². The first-order valence-corrected chi connectivity index (χ1v) is 1.82. The average Bonchev–Trinajstić information content (AvgIpc) is 1.25. The summed E-state index contributed by atoms with van der Waals surface area (Å²) in [6, 6.07) is 0. The fraction of sp³-hybridized carbons (Fsp3) is 0.500. The number of carbonyl (C=O) groups is 2. The molecule has 11 heteroatoms. The SMILES string of the molecule is CC(=O)[O-].CC(=O)[O-].O.O.O.O.O.[Na+].[Zn+2]. The van der Waals surface area contributed by atoms with E-state index >= 15 is 0 Å². The van der Waals surface area contributed by atoms with E-state index in [1.807, 2.05) is 0 Å². The summed E-state index contributed by atoms with van der Waals surface area (Å²) in [5.74, 6) is -2.17. The topological polar surface area (TPSA) is 238 Å². The molecule has 0 aliphatic rings. The van der Waals surface area contributed by atoms with Gasteiger partial charge in [-0.15, -0.1) is 0 Å². The van der Waals surface area contributed by atoms with E-state index in [1.165, 1.54) is 0 Å². The van der Waals surface area contributed by atoms with Gasteiger partial charge in [-0.25, -0.2) is 0 Å². The van der Waals surface area contributed by atoms with Crippen LogP contribution in [0.15, 0.2) is 0 Å². The average molecular weight is 297 g/mol. The van der Waals surface area contributed by atoms with Gasteiger partial charge in [0.15, 0.2) is 0 Å². The van der Waals surface area contributed by atoms with Gasteiger partial charge >= 0.3 is 49.0 Å². The maximum absolute atomic E-state index is 8.89. The van der Waals surface area contributed by atoms with E-state index in [0.29, 0.717) is 0 Å². The molecular formula is C4H16NaO9Zn+. The van der Waals surface area contributed by atoms with Crippen molar-refractivity contribution < 1.29 is 96.2 Å². The Balaban J connectivity index is -0.00000000468. The maximum atomic E-state index is 8.89. The summed E-state index contributed by atoms with van der Waals surface area (Å²) >= 11 is 0. The zero-order valence-electron chi connectivity index (χ0n) is 8.84. The molecule has 0 bridgehead atoms. The van der Waals surface area contributed by atoms with Gasteiger partial charge in [0.05, 0.1) is 0 Å². The van der Waals surface area contributed by atoms with E-state index in [2.05, 4.69) is 0 Å². The minimum Gasteiger partial charge on any atom is -0.550 e. The van der Waals surface area contributed by atoms with Crippen LogP contribution in [0.3, 0.4) is 0 Å². The van der Waals surface area contributed by atoms with Crippen molar-refractivity contribution in [2.75, 3.05) is 0 Å². The van der Waals surface area contributed by atoms with Crippen molar-refractivity contribution in [1.82, 2.24) is 0 Å². The molecule has 0 saturated heterocycles. The Labute approximate surface area is 121 Å². The zero-order valence-corrected chi connectivity index (χ0v) is 13.8. The Kier molecular flexibility index (Phi) is 331. The molecule has 0 aromatic heterocycles. The standard InChI is InChI=1S/2C2H4O2.Na.5H2O.Zn/c2*1-2(3)4;;;;;;;/h2*1H3,(H,3,4);;5*1H2;/q;;+1;;;;;;+2/p-2. The van der Waals surface area contributed by atoms with Crippen LogP contribution in [0, 0.1) is 0 Å². The molecule has 0 aromatic rings. The minimum atomic E-state index is -1.08. The van der Waals surface area contributed by atoms with Gasteiger partial charge in [0.1, 0.15) is 0 Å². The summed E-state index contributed by atoms with van der Waals surface area (Å²) in [5.41, 5.74) is 0. The summed E-state index contributed by atoms with van der Waals surface area (Å²) in [6.07, 6.45) is 0. The summed E-state index contributed by atoms with van der Waals surface area (Å²) in [6.45, 7) is 1.94. The van der Waals surface area contributed by atoms with Gasteiger partial charge in [0.2, 0.25) is 0 Å². The third-order valence-electron chi connectivity index (χ3n) is 0. The number of hydrogen-bond acceptors (Lipinski definition) is 4. The minimum absolute atomic E-state index is 0. The molecule has 0 rings (SSSR count). The first-order valence-electron chi connectivity index (χ1n) is 1.82. The van der Waals surface area contributed by atoms with Gasteiger partial charge in [0.25, 0.3) is 0 Å². The summed E-state index contributed by atoms with van der Waals surface area (Å²) in [4.78, 5) is 17.8. The Morgan fingerprint density at radius 2 is 0.733 bits per heavy atom. The van der Waals surface area contributed by atoms with E-state index < -0.39 is 11.9 Å². The summed E-state index contributed by atoms with van der Waals surface area (Å²) in [7, 11) is 0. The van der Waals surface area contributed by atoms with Crippen molar-refractivity contribution in [1.29, 1.82) is 0 Å². The van der Waals surface area contributed by atoms with Gasteiger partial charge in [-0.2, -0.15) is 0 Å². The van der Waals surface area contributed by atoms with Crippen LogP contribution in [0.1, 0.15) is 13.8 Å². The predicted molar refractivity (Wildman–Crippen MR) is 39.4 cm³/mol. The quantitative estimate of drug-likeness (QED) is 0.395. The van der Waals surface area contributed by atoms with Crippen molar-refractivity contribution >= 4 is 11.9 Å². The molecule has 0 heterocycles. The van der Waals surface area contributed by atoms with E-state index in [-0.39, 0.29) is 76.4 Å². The molecule has 0 aliphatic heterocycles. The monoisotopic (exact) mass is 295 g/mol. The van der Waals surface area contributed by atoms with Gasteiger partial charge in [0, 0.05) is 11.9 Å². The molecule has 0 amide bonds. The van der Waals surface area contributed by atoms with Gasteiger partial charge in [-0.05, 0) is 13.8 Å². The molecular weight excluding hydrogens is 280 g/mol. The molecule has 0 atom stereocenters. The van der Waals surface area contributed by atoms with Crippen LogP contribution in [0.2, 0.25) is 0 Å². The first kappa shape index (κ1) is 78.3. The van der Waals surface area contributed by atoms with Crippen LogP contribution in [-0.4, -0.2) is 39.3 Å². The fourth-order valence-corrected chi connectivity index (χ4v) is 0. The second-order valence-corrected chi connectivity index (χ2v) is 0.983. The Morgan fingerprint density at radius 1 is 0.733 bits per heavy atom. The zero-order chi connectivity index (χ0) is 7.15. The Morgan fingerprint density at radius 3 is 0.733 bits per heavy atom. The fourth-order valence-electron chi connectivity index (χ4n) is 0. The van der Waals surface area contributed by atoms with Crippen LogP contribution in [0.5, 0.6) is 0 Å². The van der Waals surface area contributed by atoms with Gasteiger partial charge in [-0.3, -0.25) is 0 Å². The molecule has 9 nitrogen and oxygen atoms in total. The number of carboxylic acids is 2. The summed E-state index contributed by atoms with van der Waals surface area (Å²) < 4.78 is 0. The third kappa shape index (κ3) is 16600.